The van der Waals surface area contributed by atoms with Crippen LogP contribution < -0.4 is 5.32 Å². The van der Waals surface area contributed by atoms with E-state index in [1.807, 2.05) is 72.0 Å². The highest BCUT2D eigenvalue weighted by atomic mass is 32.2. The Hall–Kier alpha value is -2.54. The number of hydrogen-bond donors (Lipinski definition) is 1. The van der Waals surface area contributed by atoms with Crippen LogP contribution in [0, 0.1) is 13.8 Å². The second-order valence-corrected chi connectivity index (χ2v) is 6.05. The molecular weight excluding hydrogens is 310 g/mol. The lowest BCUT2D eigenvalue weighted by atomic mass is 10.2. The Labute approximate surface area is 138 Å². The summed E-state index contributed by atoms with van der Waals surface area (Å²) < 4.78 is 3.75. The minimum atomic E-state index is -0.0708. The van der Waals surface area contributed by atoms with Crippen LogP contribution in [0.2, 0.25) is 0 Å². The number of hydrogen-bond acceptors (Lipinski definition) is 4. The van der Waals surface area contributed by atoms with Crippen LogP contribution in [-0.2, 0) is 4.79 Å². The maximum Gasteiger partial charge on any atom is 0.234 e. The van der Waals surface area contributed by atoms with E-state index in [1.165, 1.54) is 11.8 Å². The van der Waals surface area contributed by atoms with Crippen molar-refractivity contribution in [3.8, 4) is 0 Å². The van der Waals surface area contributed by atoms with Gasteiger partial charge in [-0.25, -0.2) is 4.68 Å². The van der Waals surface area contributed by atoms with Gasteiger partial charge in [-0.2, -0.15) is 0 Å². The van der Waals surface area contributed by atoms with Gasteiger partial charge in [0.15, 0.2) is 5.82 Å². The lowest BCUT2D eigenvalue weighted by molar-refractivity contribution is -0.113. The topological polar surface area (TPSA) is 64.7 Å². The minimum absolute atomic E-state index is 0.0708. The number of thioether (sulfide) groups is 1. The molecule has 0 aliphatic rings. The molecule has 1 aromatic carbocycles. The van der Waals surface area contributed by atoms with Crippen molar-refractivity contribution in [2.24, 2.45) is 0 Å². The molecule has 0 fully saturated rings. The van der Waals surface area contributed by atoms with Crippen molar-refractivity contribution < 1.29 is 4.79 Å². The number of aryl methyl sites for hydroxylation is 2. The van der Waals surface area contributed by atoms with Crippen LogP contribution in [0.3, 0.4) is 0 Å². The summed E-state index contributed by atoms with van der Waals surface area (Å²) in [6.45, 7) is 3.89. The van der Waals surface area contributed by atoms with Crippen molar-refractivity contribution in [1.29, 1.82) is 0 Å². The number of benzene rings is 1. The van der Waals surface area contributed by atoms with E-state index in [2.05, 4.69) is 15.5 Å². The van der Waals surface area contributed by atoms with Crippen LogP contribution in [0.4, 0.5) is 5.69 Å². The number of nitrogens with one attached hydrogen (secondary N) is 1. The fourth-order valence-corrected chi connectivity index (χ4v) is 2.90. The molecule has 2 heterocycles. The normalized spacial score (nSPS) is 10.7. The van der Waals surface area contributed by atoms with Gasteiger partial charge in [-0.15, -0.1) is 10.2 Å². The first kappa shape index (κ1) is 15.4. The minimum Gasteiger partial charge on any atom is -0.325 e. The summed E-state index contributed by atoms with van der Waals surface area (Å²) in [5, 5.41) is 11.8. The summed E-state index contributed by atoms with van der Waals surface area (Å²) in [5.74, 6) is 0.967. The van der Waals surface area contributed by atoms with Gasteiger partial charge in [0, 0.05) is 18.1 Å². The SMILES string of the molecule is Cc1ccc(NC(=O)CSc2nnc(C)n2-n2cccc2)cc1. The van der Waals surface area contributed by atoms with Gasteiger partial charge in [0.25, 0.3) is 0 Å². The number of amides is 1. The number of aromatic nitrogens is 4. The standard InChI is InChI=1S/C16H17N5OS/c1-12-5-7-14(8-6-12)17-15(22)11-23-16-19-18-13(2)21(16)20-9-3-4-10-20/h3-10H,11H2,1-2H3,(H,17,22). The zero-order chi connectivity index (χ0) is 16.2. The van der Waals surface area contributed by atoms with Gasteiger partial charge in [-0.3, -0.25) is 9.47 Å². The van der Waals surface area contributed by atoms with E-state index in [9.17, 15) is 4.79 Å². The third kappa shape index (κ3) is 3.62. The average molecular weight is 327 g/mol. The molecule has 2 aromatic heterocycles. The van der Waals surface area contributed by atoms with Gasteiger partial charge in [-0.05, 0) is 38.1 Å². The number of rotatable bonds is 5. The molecule has 7 heteroatoms. The Balaban J connectivity index is 1.65. The van der Waals surface area contributed by atoms with E-state index >= 15 is 0 Å². The Kier molecular flexibility index (Phi) is 4.47. The summed E-state index contributed by atoms with van der Waals surface area (Å²) >= 11 is 1.35. The van der Waals surface area contributed by atoms with Gasteiger partial charge >= 0.3 is 0 Å². The fraction of sp³-hybridized carbons (Fsp3) is 0.188. The first-order chi connectivity index (χ1) is 11.1. The summed E-state index contributed by atoms with van der Waals surface area (Å²) in [4.78, 5) is 12.1. The Bertz CT molecular complexity index is 793. The Morgan fingerprint density at radius 2 is 1.83 bits per heavy atom. The van der Waals surface area contributed by atoms with Crippen molar-refractivity contribution >= 4 is 23.4 Å². The summed E-state index contributed by atoms with van der Waals surface area (Å²) in [7, 11) is 0. The molecule has 3 aromatic rings. The molecule has 0 saturated carbocycles. The third-order valence-electron chi connectivity index (χ3n) is 3.26. The summed E-state index contributed by atoms with van der Waals surface area (Å²) in [5.41, 5.74) is 1.96. The number of carbonyl (C=O) groups excluding carboxylic acids is 1. The molecule has 1 amide bonds. The Morgan fingerprint density at radius 3 is 2.52 bits per heavy atom. The average Bonchev–Trinajstić information content (AvgIpc) is 3.17. The molecule has 3 rings (SSSR count). The van der Waals surface area contributed by atoms with Crippen molar-refractivity contribution in [3.63, 3.8) is 0 Å². The summed E-state index contributed by atoms with van der Waals surface area (Å²) in [6, 6.07) is 11.6. The molecule has 0 radical (unpaired) electrons. The van der Waals surface area contributed by atoms with E-state index in [1.54, 1.807) is 0 Å². The maximum absolute atomic E-state index is 12.1. The lowest BCUT2D eigenvalue weighted by Gasteiger charge is -2.09. The van der Waals surface area contributed by atoms with E-state index in [4.69, 9.17) is 0 Å². The zero-order valence-corrected chi connectivity index (χ0v) is 13.7. The molecule has 0 bridgehead atoms. The molecule has 23 heavy (non-hydrogen) atoms. The molecule has 118 valence electrons. The molecule has 0 saturated heterocycles. The number of nitrogens with zero attached hydrogens (tertiary/aromatic N) is 4. The zero-order valence-electron chi connectivity index (χ0n) is 12.9. The smallest absolute Gasteiger partial charge is 0.234 e. The van der Waals surface area contributed by atoms with Crippen LogP contribution in [0.5, 0.6) is 0 Å². The highest BCUT2D eigenvalue weighted by Gasteiger charge is 2.12. The monoisotopic (exact) mass is 327 g/mol. The molecule has 1 N–H and O–H groups in total. The van der Waals surface area contributed by atoms with Gasteiger partial charge < -0.3 is 5.32 Å². The molecule has 0 aliphatic carbocycles. The lowest BCUT2D eigenvalue weighted by Crippen LogP contribution is -2.15. The van der Waals surface area contributed by atoms with Gasteiger partial charge in [-0.1, -0.05) is 29.5 Å². The first-order valence-corrected chi connectivity index (χ1v) is 8.17. The van der Waals surface area contributed by atoms with Gasteiger partial charge in [0.1, 0.15) is 0 Å². The second kappa shape index (κ2) is 6.70. The van der Waals surface area contributed by atoms with E-state index < -0.39 is 0 Å². The van der Waals surface area contributed by atoms with Crippen LogP contribution in [0.15, 0.2) is 53.9 Å². The first-order valence-electron chi connectivity index (χ1n) is 7.18. The molecule has 0 aliphatic heterocycles. The van der Waals surface area contributed by atoms with Crippen molar-refractivity contribution in [1.82, 2.24) is 19.5 Å². The van der Waals surface area contributed by atoms with Crippen molar-refractivity contribution in [2.45, 2.75) is 19.0 Å². The largest absolute Gasteiger partial charge is 0.325 e. The van der Waals surface area contributed by atoms with Crippen molar-refractivity contribution in [2.75, 3.05) is 11.1 Å². The maximum atomic E-state index is 12.1. The highest BCUT2D eigenvalue weighted by molar-refractivity contribution is 7.99. The molecule has 6 nitrogen and oxygen atoms in total. The predicted octanol–water partition coefficient (Wildman–Crippen LogP) is 2.74. The van der Waals surface area contributed by atoms with E-state index in [-0.39, 0.29) is 11.7 Å². The third-order valence-corrected chi connectivity index (χ3v) is 4.17. The summed E-state index contributed by atoms with van der Waals surface area (Å²) in [6.07, 6.45) is 3.82. The molecule has 0 unspecified atom stereocenters. The van der Waals surface area contributed by atoms with Crippen molar-refractivity contribution in [3.05, 3.63) is 60.2 Å². The van der Waals surface area contributed by atoms with Crippen LogP contribution >= 0.6 is 11.8 Å². The molecular formula is C16H17N5OS. The second-order valence-electron chi connectivity index (χ2n) is 5.11. The van der Waals surface area contributed by atoms with E-state index in [0.29, 0.717) is 5.16 Å². The highest BCUT2D eigenvalue weighted by Crippen LogP contribution is 2.18. The molecule has 0 atom stereocenters. The fourth-order valence-electron chi connectivity index (χ4n) is 2.12. The Morgan fingerprint density at radius 1 is 1.13 bits per heavy atom. The van der Waals surface area contributed by atoms with Crippen LogP contribution in [0.1, 0.15) is 11.4 Å². The number of anilines is 1. The van der Waals surface area contributed by atoms with Crippen LogP contribution in [0.25, 0.3) is 0 Å². The molecule has 0 spiro atoms. The van der Waals surface area contributed by atoms with Crippen LogP contribution in [-0.4, -0.2) is 31.2 Å². The van der Waals surface area contributed by atoms with E-state index in [0.717, 1.165) is 17.1 Å². The quantitative estimate of drug-likeness (QED) is 0.732. The number of carbonyl (C=O) groups is 1. The van der Waals surface area contributed by atoms with Gasteiger partial charge in [0.05, 0.1) is 5.75 Å². The predicted molar refractivity (Wildman–Crippen MR) is 90.5 cm³/mol. The van der Waals surface area contributed by atoms with Gasteiger partial charge in [0.2, 0.25) is 11.1 Å².